The van der Waals surface area contributed by atoms with Crippen molar-refractivity contribution in [2.75, 3.05) is 5.32 Å². The zero-order valence-electron chi connectivity index (χ0n) is 9.63. The maximum Gasteiger partial charge on any atom is 0.0372 e. The van der Waals surface area contributed by atoms with Gasteiger partial charge < -0.3 is 5.32 Å². The second kappa shape index (κ2) is 5.20. The molecule has 1 nitrogen and oxygen atoms in total. The van der Waals surface area contributed by atoms with Crippen molar-refractivity contribution in [2.24, 2.45) is 0 Å². The Hall–Kier alpha value is -0.980. The van der Waals surface area contributed by atoms with Crippen LogP contribution in [0.25, 0.3) is 0 Å². The molecule has 1 aliphatic rings. The van der Waals surface area contributed by atoms with Crippen LogP contribution in [-0.4, -0.2) is 6.04 Å². The molecule has 1 aliphatic carbocycles. The first-order valence-electron chi connectivity index (χ1n) is 6.18. The molecule has 0 heterocycles. The fraction of sp³-hybridized carbons (Fsp3) is 0.571. The number of aryl methyl sites for hydroxylation is 1. The molecule has 82 valence electrons. The molecular weight excluding hydrogens is 182 g/mol. The fourth-order valence-corrected chi connectivity index (χ4v) is 2.38. The van der Waals surface area contributed by atoms with Crippen LogP contribution in [-0.2, 0) is 0 Å². The summed E-state index contributed by atoms with van der Waals surface area (Å²) < 4.78 is 0. The predicted molar refractivity (Wildman–Crippen MR) is 66.3 cm³/mol. The highest BCUT2D eigenvalue weighted by atomic mass is 14.9. The first-order chi connectivity index (χ1) is 7.36. The lowest BCUT2D eigenvalue weighted by Crippen LogP contribution is -2.18. The lowest BCUT2D eigenvalue weighted by atomic mass is 10.1. The Bertz CT molecular complexity index is 298. The van der Waals surface area contributed by atoms with Crippen molar-refractivity contribution in [2.45, 2.75) is 51.5 Å². The van der Waals surface area contributed by atoms with Crippen molar-refractivity contribution < 1.29 is 0 Å². The van der Waals surface area contributed by atoms with Gasteiger partial charge in [-0.3, -0.25) is 0 Å². The van der Waals surface area contributed by atoms with E-state index in [0.717, 1.165) is 0 Å². The number of benzene rings is 1. The van der Waals surface area contributed by atoms with E-state index in [1.165, 1.54) is 49.8 Å². The van der Waals surface area contributed by atoms with Crippen molar-refractivity contribution in [3.05, 3.63) is 29.8 Å². The van der Waals surface area contributed by atoms with Crippen LogP contribution in [0.4, 0.5) is 5.69 Å². The summed E-state index contributed by atoms with van der Waals surface area (Å²) in [6.07, 6.45) is 8.31. The van der Waals surface area contributed by atoms with Crippen LogP contribution in [0.2, 0.25) is 0 Å². The third-order valence-corrected chi connectivity index (χ3v) is 3.36. The van der Waals surface area contributed by atoms with Crippen LogP contribution in [0.5, 0.6) is 0 Å². The summed E-state index contributed by atoms with van der Waals surface area (Å²) in [5.41, 5.74) is 2.69. The molecule has 1 fully saturated rings. The molecule has 0 atom stereocenters. The maximum absolute atomic E-state index is 3.69. The van der Waals surface area contributed by atoms with Gasteiger partial charge in [0.05, 0.1) is 0 Å². The lowest BCUT2D eigenvalue weighted by Gasteiger charge is -2.19. The Morgan fingerprint density at radius 1 is 1.00 bits per heavy atom. The smallest absolute Gasteiger partial charge is 0.0372 e. The number of para-hydroxylation sites is 1. The molecule has 1 aromatic carbocycles. The largest absolute Gasteiger partial charge is 0.382 e. The first-order valence-corrected chi connectivity index (χ1v) is 6.18. The van der Waals surface area contributed by atoms with Gasteiger partial charge in [0.15, 0.2) is 0 Å². The Labute approximate surface area is 92.9 Å². The van der Waals surface area contributed by atoms with Crippen LogP contribution in [0.15, 0.2) is 24.3 Å². The summed E-state index contributed by atoms with van der Waals surface area (Å²) in [7, 11) is 0. The second-order valence-corrected chi connectivity index (χ2v) is 4.65. The van der Waals surface area contributed by atoms with Gasteiger partial charge in [-0.05, 0) is 31.4 Å². The van der Waals surface area contributed by atoms with Crippen molar-refractivity contribution >= 4 is 5.69 Å². The SMILES string of the molecule is Cc1ccccc1NC1CCCCCC1. The second-order valence-electron chi connectivity index (χ2n) is 4.65. The molecule has 0 radical (unpaired) electrons. The van der Waals surface area contributed by atoms with E-state index in [0.29, 0.717) is 6.04 Å². The lowest BCUT2D eigenvalue weighted by molar-refractivity contribution is 0.619. The average molecular weight is 203 g/mol. The van der Waals surface area contributed by atoms with Crippen molar-refractivity contribution in [3.63, 3.8) is 0 Å². The van der Waals surface area contributed by atoms with Gasteiger partial charge in [-0.25, -0.2) is 0 Å². The summed E-state index contributed by atoms with van der Waals surface area (Å²) in [5.74, 6) is 0. The molecule has 0 aromatic heterocycles. The van der Waals surface area contributed by atoms with Gasteiger partial charge in [0.1, 0.15) is 0 Å². The fourth-order valence-electron chi connectivity index (χ4n) is 2.38. The Kier molecular flexibility index (Phi) is 3.65. The number of anilines is 1. The minimum Gasteiger partial charge on any atom is -0.382 e. The third-order valence-electron chi connectivity index (χ3n) is 3.36. The Balaban J connectivity index is 1.98. The van der Waals surface area contributed by atoms with E-state index < -0.39 is 0 Å². The van der Waals surface area contributed by atoms with E-state index in [9.17, 15) is 0 Å². The van der Waals surface area contributed by atoms with E-state index in [4.69, 9.17) is 0 Å². The van der Waals surface area contributed by atoms with E-state index in [-0.39, 0.29) is 0 Å². The number of hydrogen-bond donors (Lipinski definition) is 1. The molecule has 1 N–H and O–H groups in total. The van der Waals surface area contributed by atoms with Gasteiger partial charge in [0, 0.05) is 11.7 Å². The quantitative estimate of drug-likeness (QED) is 0.713. The van der Waals surface area contributed by atoms with Gasteiger partial charge in [0.2, 0.25) is 0 Å². The highest BCUT2D eigenvalue weighted by Gasteiger charge is 2.12. The van der Waals surface area contributed by atoms with Crippen molar-refractivity contribution in [1.29, 1.82) is 0 Å². The molecule has 1 heteroatoms. The molecule has 2 rings (SSSR count). The normalized spacial score (nSPS) is 18.5. The third kappa shape index (κ3) is 2.98. The maximum atomic E-state index is 3.69. The van der Waals surface area contributed by atoms with E-state index >= 15 is 0 Å². The molecule has 0 amide bonds. The van der Waals surface area contributed by atoms with Crippen LogP contribution in [0.3, 0.4) is 0 Å². The minimum absolute atomic E-state index is 0.702. The molecule has 0 aliphatic heterocycles. The summed E-state index contributed by atoms with van der Waals surface area (Å²) in [6.45, 7) is 2.18. The predicted octanol–water partition coefficient (Wildman–Crippen LogP) is 4.13. The van der Waals surface area contributed by atoms with Gasteiger partial charge in [-0.2, -0.15) is 0 Å². The Morgan fingerprint density at radius 2 is 1.67 bits per heavy atom. The van der Waals surface area contributed by atoms with E-state index in [2.05, 4.69) is 36.5 Å². The highest BCUT2D eigenvalue weighted by Crippen LogP contribution is 2.22. The van der Waals surface area contributed by atoms with Crippen LogP contribution in [0, 0.1) is 6.92 Å². The molecule has 1 aromatic rings. The van der Waals surface area contributed by atoms with Crippen LogP contribution >= 0.6 is 0 Å². The average Bonchev–Trinajstić information content (AvgIpc) is 2.50. The van der Waals surface area contributed by atoms with Crippen LogP contribution in [0.1, 0.15) is 44.1 Å². The minimum atomic E-state index is 0.702. The molecule has 0 unspecified atom stereocenters. The zero-order chi connectivity index (χ0) is 10.5. The standard InChI is InChI=1S/C14H21N/c1-12-8-6-7-11-14(12)15-13-9-4-2-3-5-10-13/h6-8,11,13,15H,2-5,9-10H2,1H3. The summed E-state index contributed by atoms with van der Waals surface area (Å²) >= 11 is 0. The Morgan fingerprint density at radius 3 is 2.33 bits per heavy atom. The number of nitrogens with one attached hydrogen (secondary N) is 1. The van der Waals surface area contributed by atoms with Gasteiger partial charge in [-0.15, -0.1) is 0 Å². The molecular formula is C14H21N. The van der Waals surface area contributed by atoms with Crippen LogP contribution < -0.4 is 5.32 Å². The van der Waals surface area contributed by atoms with Crippen molar-refractivity contribution in [3.8, 4) is 0 Å². The van der Waals surface area contributed by atoms with Gasteiger partial charge >= 0.3 is 0 Å². The van der Waals surface area contributed by atoms with E-state index in [1.807, 2.05) is 0 Å². The summed E-state index contributed by atoms with van der Waals surface area (Å²) in [5, 5.41) is 3.69. The van der Waals surface area contributed by atoms with Gasteiger partial charge in [-0.1, -0.05) is 43.9 Å². The highest BCUT2D eigenvalue weighted by molar-refractivity contribution is 5.50. The molecule has 0 saturated heterocycles. The molecule has 15 heavy (non-hydrogen) atoms. The molecule has 1 saturated carbocycles. The van der Waals surface area contributed by atoms with Crippen molar-refractivity contribution in [1.82, 2.24) is 0 Å². The molecule has 0 spiro atoms. The topological polar surface area (TPSA) is 12.0 Å². The zero-order valence-corrected chi connectivity index (χ0v) is 9.63. The summed E-state index contributed by atoms with van der Waals surface area (Å²) in [4.78, 5) is 0. The summed E-state index contributed by atoms with van der Waals surface area (Å²) in [6, 6.07) is 9.30. The number of rotatable bonds is 2. The van der Waals surface area contributed by atoms with Gasteiger partial charge in [0.25, 0.3) is 0 Å². The molecule has 0 bridgehead atoms. The van der Waals surface area contributed by atoms with E-state index in [1.54, 1.807) is 0 Å². The number of hydrogen-bond acceptors (Lipinski definition) is 1. The monoisotopic (exact) mass is 203 g/mol. The first kappa shape index (κ1) is 10.5.